The highest BCUT2D eigenvalue weighted by molar-refractivity contribution is 6.06. The topological polar surface area (TPSA) is 140 Å². The Kier molecular flexibility index (Phi) is 13.1. The summed E-state index contributed by atoms with van der Waals surface area (Å²) < 4.78 is 16.5. The number of nitrogens with one attached hydrogen (secondary N) is 2. The Balaban J connectivity index is 1.27. The van der Waals surface area contributed by atoms with Crippen LogP contribution in [0.3, 0.4) is 0 Å². The van der Waals surface area contributed by atoms with Crippen LogP contribution in [0.2, 0.25) is 0 Å². The summed E-state index contributed by atoms with van der Waals surface area (Å²) in [6, 6.07) is 24.9. The number of rotatable bonds is 17. The van der Waals surface area contributed by atoms with Gasteiger partial charge in [-0.05, 0) is 84.8 Å². The van der Waals surface area contributed by atoms with E-state index in [2.05, 4.69) is 17.6 Å². The molecular weight excluding hydrogens is 612 g/mol. The number of hydrogen-bond donors (Lipinski definition) is 3. The SMILES string of the molecule is CCCCCCCOc1ccc(C(=O)Oc2ccc(CC(NC(=O)c3ccc(NC(=O)c4ccccc4OC)cc3)C(=O)O)cc2)cc1. The van der Waals surface area contributed by atoms with E-state index in [1.165, 1.54) is 38.5 Å². The zero-order valence-corrected chi connectivity index (χ0v) is 27.1. The molecule has 3 N–H and O–H groups in total. The largest absolute Gasteiger partial charge is 0.496 e. The van der Waals surface area contributed by atoms with Gasteiger partial charge < -0.3 is 30.0 Å². The van der Waals surface area contributed by atoms with Crippen molar-refractivity contribution >= 4 is 29.4 Å². The van der Waals surface area contributed by atoms with E-state index in [0.717, 1.165) is 12.8 Å². The van der Waals surface area contributed by atoms with Gasteiger partial charge in [0.1, 0.15) is 23.3 Å². The second-order valence-electron chi connectivity index (χ2n) is 11.1. The lowest BCUT2D eigenvalue weighted by atomic mass is 10.0. The van der Waals surface area contributed by atoms with Gasteiger partial charge in [0.15, 0.2) is 0 Å². The van der Waals surface area contributed by atoms with E-state index in [1.54, 1.807) is 84.9 Å². The van der Waals surface area contributed by atoms with Gasteiger partial charge in [0.25, 0.3) is 11.8 Å². The third-order valence-corrected chi connectivity index (χ3v) is 7.54. The normalized spacial score (nSPS) is 11.2. The summed E-state index contributed by atoms with van der Waals surface area (Å²) in [5, 5.41) is 15.1. The van der Waals surface area contributed by atoms with Crippen molar-refractivity contribution in [1.29, 1.82) is 0 Å². The first-order valence-electron chi connectivity index (χ1n) is 15.9. The van der Waals surface area contributed by atoms with Gasteiger partial charge in [0.2, 0.25) is 0 Å². The first kappa shape index (κ1) is 35.2. The second-order valence-corrected chi connectivity index (χ2v) is 11.1. The maximum Gasteiger partial charge on any atom is 0.343 e. The Morgan fingerprint density at radius 3 is 2.04 bits per heavy atom. The van der Waals surface area contributed by atoms with Crippen LogP contribution in [0.4, 0.5) is 5.69 Å². The van der Waals surface area contributed by atoms with E-state index in [1.807, 2.05) is 0 Å². The molecule has 0 bridgehead atoms. The minimum atomic E-state index is -1.21. The maximum atomic E-state index is 12.9. The lowest BCUT2D eigenvalue weighted by molar-refractivity contribution is -0.139. The molecular formula is C38H40N2O8. The monoisotopic (exact) mass is 652 g/mol. The molecule has 48 heavy (non-hydrogen) atoms. The minimum absolute atomic E-state index is 0.00240. The molecule has 4 aromatic rings. The average Bonchev–Trinajstić information content (AvgIpc) is 3.10. The second kappa shape index (κ2) is 17.9. The number of unbranched alkanes of at least 4 members (excludes halogenated alkanes) is 4. The van der Waals surface area contributed by atoms with Crippen LogP contribution in [0.15, 0.2) is 97.1 Å². The number of para-hydroxylation sites is 1. The third-order valence-electron chi connectivity index (χ3n) is 7.54. The number of carbonyl (C=O) groups is 4. The van der Waals surface area contributed by atoms with E-state index in [-0.39, 0.29) is 17.9 Å². The zero-order valence-electron chi connectivity index (χ0n) is 27.1. The third kappa shape index (κ3) is 10.4. The standard InChI is InChI=1S/C38H40N2O8/c1-3-4-5-6-9-24-47-30-22-16-28(17-23-30)38(45)48-31-20-12-26(13-21-31)25-33(37(43)44)40-35(41)27-14-18-29(19-15-27)39-36(42)32-10-7-8-11-34(32)46-2/h7-8,10-23,33H,3-6,9,24-25H2,1-2H3,(H,39,42)(H,40,41)(H,43,44). The van der Waals surface area contributed by atoms with Gasteiger partial charge in [0, 0.05) is 17.7 Å². The van der Waals surface area contributed by atoms with Crippen molar-refractivity contribution in [3.63, 3.8) is 0 Å². The van der Waals surface area contributed by atoms with Gasteiger partial charge in [-0.25, -0.2) is 9.59 Å². The van der Waals surface area contributed by atoms with Crippen LogP contribution in [0.25, 0.3) is 0 Å². The zero-order chi connectivity index (χ0) is 34.3. The molecule has 0 radical (unpaired) electrons. The van der Waals surface area contributed by atoms with Crippen molar-refractivity contribution in [3.05, 3.63) is 119 Å². The predicted molar refractivity (Wildman–Crippen MR) is 182 cm³/mol. The fraction of sp³-hybridized carbons (Fsp3) is 0.263. The van der Waals surface area contributed by atoms with E-state index in [4.69, 9.17) is 14.2 Å². The van der Waals surface area contributed by atoms with Crippen LogP contribution in [-0.2, 0) is 11.2 Å². The summed E-state index contributed by atoms with van der Waals surface area (Å²) in [4.78, 5) is 50.2. The van der Waals surface area contributed by atoms with E-state index in [9.17, 15) is 24.3 Å². The van der Waals surface area contributed by atoms with Gasteiger partial charge in [-0.3, -0.25) is 9.59 Å². The van der Waals surface area contributed by atoms with E-state index < -0.39 is 23.9 Å². The quantitative estimate of drug-likeness (QED) is 0.0633. The van der Waals surface area contributed by atoms with Crippen LogP contribution in [0, 0.1) is 0 Å². The maximum absolute atomic E-state index is 12.9. The summed E-state index contributed by atoms with van der Waals surface area (Å²) in [5.41, 5.74) is 2.02. The molecule has 1 atom stereocenters. The van der Waals surface area contributed by atoms with Gasteiger partial charge in [-0.2, -0.15) is 0 Å². The molecule has 0 aliphatic heterocycles. The van der Waals surface area contributed by atoms with Crippen molar-refractivity contribution in [2.24, 2.45) is 0 Å². The van der Waals surface area contributed by atoms with Crippen LogP contribution in [0.1, 0.15) is 75.7 Å². The lowest BCUT2D eigenvalue weighted by Crippen LogP contribution is -2.42. The van der Waals surface area contributed by atoms with Crippen molar-refractivity contribution in [2.75, 3.05) is 19.0 Å². The first-order chi connectivity index (χ1) is 23.3. The molecule has 10 nitrogen and oxygen atoms in total. The summed E-state index contributed by atoms with van der Waals surface area (Å²) >= 11 is 0. The highest BCUT2D eigenvalue weighted by Crippen LogP contribution is 2.21. The summed E-state index contributed by atoms with van der Waals surface area (Å²) in [6.45, 7) is 2.81. The molecule has 1 unspecified atom stereocenters. The Hall–Kier alpha value is -5.64. The highest BCUT2D eigenvalue weighted by atomic mass is 16.5. The van der Waals surface area contributed by atoms with E-state index >= 15 is 0 Å². The van der Waals surface area contributed by atoms with Crippen LogP contribution < -0.4 is 24.8 Å². The van der Waals surface area contributed by atoms with Crippen molar-refractivity contribution in [1.82, 2.24) is 5.32 Å². The molecule has 250 valence electrons. The average molecular weight is 653 g/mol. The van der Waals surface area contributed by atoms with E-state index in [0.29, 0.717) is 46.2 Å². The molecule has 0 saturated heterocycles. The number of carbonyl (C=O) groups excluding carboxylic acids is 3. The number of aliphatic carboxylic acids is 1. The number of anilines is 1. The number of amides is 2. The van der Waals surface area contributed by atoms with Crippen molar-refractivity contribution in [3.8, 4) is 17.2 Å². The Morgan fingerprint density at radius 1 is 0.729 bits per heavy atom. The molecule has 0 saturated carbocycles. The summed E-state index contributed by atoms with van der Waals surface area (Å²) in [5.74, 6) is -1.28. The smallest absolute Gasteiger partial charge is 0.343 e. The predicted octanol–water partition coefficient (Wildman–Crippen LogP) is 6.94. The number of benzene rings is 4. The van der Waals surface area contributed by atoms with Crippen LogP contribution in [0.5, 0.6) is 17.2 Å². The van der Waals surface area contributed by atoms with Gasteiger partial charge in [0.05, 0.1) is 24.8 Å². The van der Waals surface area contributed by atoms with Gasteiger partial charge in [-0.15, -0.1) is 0 Å². The minimum Gasteiger partial charge on any atom is -0.496 e. The van der Waals surface area contributed by atoms with Crippen molar-refractivity contribution in [2.45, 2.75) is 51.5 Å². The highest BCUT2D eigenvalue weighted by Gasteiger charge is 2.22. The molecule has 0 fully saturated rings. The number of carboxylic acids is 1. The Morgan fingerprint density at radius 2 is 1.38 bits per heavy atom. The number of ether oxygens (including phenoxy) is 3. The lowest BCUT2D eigenvalue weighted by Gasteiger charge is -2.15. The molecule has 0 spiro atoms. The molecule has 4 rings (SSSR count). The molecule has 10 heteroatoms. The first-order valence-corrected chi connectivity index (χ1v) is 15.9. The number of carboxylic acid groups (broad SMARTS) is 1. The van der Waals surface area contributed by atoms with Gasteiger partial charge >= 0.3 is 11.9 Å². The fourth-order valence-corrected chi connectivity index (χ4v) is 4.86. The molecule has 0 aliphatic rings. The molecule has 0 heterocycles. The van der Waals surface area contributed by atoms with Crippen LogP contribution >= 0.6 is 0 Å². The number of esters is 1. The Labute approximate surface area is 280 Å². The molecule has 2 amide bonds. The number of hydrogen-bond acceptors (Lipinski definition) is 7. The van der Waals surface area contributed by atoms with Gasteiger partial charge in [-0.1, -0.05) is 56.9 Å². The Bertz CT molecular complexity index is 1670. The summed E-state index contributed by atoms with van der Waals surface area (Å²) in [7, 11) is 1.48. The number of methoxy groups -OCH3 is 1. The summed E-state index contributed by atoms with van der Waals surface area (Å²) in [6.07, 6.45) is 5.75. The molecule has 4 aromatic carbocycles. The molecule has 0 aromatic heterocycles. The van der Waals surface area contributed by atoms with Crippen LogP contribution in [-0.4, -0.2) is 48.6 Å². The molecule has 0 aliphatic carbocycles. The van der Waals surface area contributed by atoms with Crippen molar-refractivity contribution < 1.29 is 38.5 Å². The fourth-order valence-electron chi connectivity index (χ4n) is 4.86.